The highest BCUT2D eigenvalue weighted by Gasteiger charge is 2.21. The normalized spacial score (nSPS) is 12.4. The van der Waals surface area contributed by atoms with E-state index in [-0.39, 0.29) is 25.2 Å². The molecule has 9 nitrogen and oxygen atoms in total. The molecule has 0 aliphatic heterocycles. The standard InChI is InChI=1S/C13H19N3O6S/c1-2-5-22-11(18)6-15-12(19)9(7-23)16-10(17)4-3-8(14)13(20)21/h1,8-9,23H,3-7,14H2,(H,15,19)(H,16,17)(H,20,21). The number of hydrogen-bond donors (Lipinski definition) is 5. The van der Waals surface area contributed by atoms with Crippen molar-refractivity contribution in [3.05, 3.63) is 0 Å². The fraction of sp³-hybridized carbons (Fsp3) is 0.538. The van der Waals surface area contributed by atoms with Crippen molar-refractivity contribution in [1.82, 2.24) is 10.6 Å². The second kappa shape index (κ2) is 11.3. The first-order chi connectivity index (χ1) is 10.8. The van der Waals surface area contributed by atoms with Crippen molar-refractivity contribution in [1.29, 1.82) is 0 Å². The molecule has 128 valence electrons. The van der Waals surface area contributed by atoms with Gasteiger partial charge in [-0.05, 0) is 6.42 Å². The van der Waals surface area contributed by atoms with Crippen molar-refractivity contribution < 1.29 is 29.0 Å². The summed E-state index contributed by atoms with van der Waals surface area (Å²) in [6, 6.07) is -2.14. The van der Waals surface area contributed by atoms with Crippen LogP contribution in [0, 0.1) is 12.3 Å². The van der Waals surface area contributed by atoms with E-state index in [0.29, 0.717) is 0 Å². The topological polar surface area (TPSA) is 148 Å². The Morgan fingerprint density at radius 1 is 1.35 bits per heavy atom. The number of esters is 1. The molecule has 0 aliphatic rings. The van der Waals surface area contributed by atoms with Crippen LogP contribution in [0.1, 0.15) is 12.8 Å². The number of nitrogens with one attached hydrogen (secondary N) is 2. The van der Waals surface area contributed by atoms with Crippen molar-refractivity contribution in [2.24, 2.45) is 5.73 Å². The summed E-state index contributed by atoms with van der Waals surface area (Å²) < 4.78 is 4.56. The summed E-state index contributed by atoms with van der Waals surface area (Å²) in [5, 5.41) is 13.2. The van der Waals surface area contributed by atoms with Crippen molar-refractivity contribution in [3.63, 3.8) is 0 Å². The van der Waals surface area contributed by atoms with Crippen LogP contribution in [0.5, 0.6) is 0 Å². The molecular formula is C13H19N3O6S. The van der Waals surface area contributed by atoms with Crippen LogP contribution in [0.2, 0.25) is 0 Å². The predicted molar refractivity (Wildman–Crippen MR) is 83.4 cm³/mol. The van der Waals surface area contributed by atoms with Gasteiger partial charge < -0.3 is 26.2 Å². The number of aliphatic carboxylic acids is 1. The summed E-state index contributed by atoms with van der Waals surface area (Å²) in [7, 11) is 0. The van der Waals surface area contributed by atoms with Crippen LogP contribution >= 0.6 is 12.6 Å². The lowest BCUT2D eigenvalue weighted by Gasteiger charge is -2.16. The van der Waals surface area contributed by atoms with Gasteiger partial charge in [-0.25, -0.2) is 0 Å². The van der Waals surface area contributed by atoms with E-state index in [1.807, 2.05) is 0 Å². The predicted octanol–water partition coefficient (Wildman–Crippen LogP) is -2.11. The zero-order valence-electron chi connectivity index (χ0n) is 12.3. The highest BCUT2D eigenvalue weighted by Crippen LogP contribution is 1.97. The average Bonchev–Trinajstić information content (AvgIpc) is 2.52. The first-order valence-corrected chi connectivity index (χ1v) is 7.20. The van der Waals surface area contributed by atoms with Crippen LogP contribution in [-0.4, -0.2) is 59.8 Å². The van der Waals surface area contributed by atoms with Crippen molar-refractivity contribution >= 4 is 36.4 Å². The van der Waals surface area contributed by atoms with Crippen LogP contribution in [-0.2, 0) is 23.9 Å². The number of ether oxygens (including phenoxy) is 1. The third kappa shape index (κ3) is 9.38. The molecule has 0 aromatic rings. The van der Waals surface area contributed by atoms with E-state index < -0.39 is 42.4 Å². The van der Waals surface area contributed by atoms with Gasteiger partial charge in [-0.1, -0.05) is 5.92 Å². The molecule has 0 saturated carbocycles. The Hall–Kier alpha value is -2.25. The minimum Gasteiger partial charge on any atom is -0.480 e. The minimum atomic E-state index is -1.22. The second-order valence-electron chi connectivity index (χ2n) is 4.37. The molecule has 0 spiro atoms. The lowest BCUT2D eigenvalue weighted by molar-refractivity contribution is -0.142. The number of nitrogens with two attached hydrogens (primary N) is 1. The zero-order valence-corrected chi connectivity index (χ0v) is 13.2. The molecule has 10 heteroatoms. The summed E-state index contributed by atoms with van der Waals surface area (Å²) in [4.78, 5) is 45.1. The largest absolute Gasteiger partial charge is 0.480 e. The van der Waals surface area contributed by atoms with E-state index in [1.54, 1.807) is 0 Å². The van der Waals surface area contributed by atoms with Gasteiger partial charge >= 0.3 is 11.9 Å². The number of carboxylic acids is 1. The van der Waals surface area contributed by atoms with Crippen molar-refractivity contribution in [2.45, 2.75) is 24.9 Å². The summed E-state index contributed by atoms with van der Waals surface area (Å²) in [6.07, 6.45) is 4.68. The molecule has 23 heavy (non-hydrogen) atoms. The molecular weight excluding hydrogens is 326 g/mol. The highest BCUT2D eigenvalue weighted by molar-refractivity contribution is 7.80. The number of rotatable bonds is 10. The molecule has 0 fully saturated rings. The van der Waals surface area contributed by atoms with Crippen LogP contribution in [0.25, 0.3) is 0 Å². The van der Waals surface area contributed by atoms with Gasteiger partial charge in [-0.3, -0.25) is 19.2 Å². The monoisotopic (exact) mass is 345 g/mol. The zero-order chi connectivity index (χ0) is 17.8. The maximum Gasteiger partial charge on any atom is 0.326 e. The van der Waals surface area contributed by atoms with Gasteiger partial charge in [0.1, 0.15) is 18.6 Å². The molecule has 0 heterocycles. The van der Waals surface area contributed by atoms with Gasteiger partial charge in [-0.2, -0.15) is 12.6 Å². The third-order valence-corrected chi connectivity index (χ3v) is 2.92. The Labute approximate surface area is 138 Å². The van der Waals surface area contributed by atoms with Gasteiger partial charge in [0, 0.05) is 12.2 Å². The fourth-order valence-corrected chi connectivity index (χ4v) is 1.58. The van der Waals surface area contributed by atoms with Gasteiger partial charge in [0.2, 0.25) is 11.8 Å². The van der Waals surface area contributed by atoms with Crippen molar-refractivity contribution in [3.8, 4) is 12.3 Å². The van der Waals surface area contributed by atoms with Gasteiger partial charge in [-0.15, -0.1) is 6.42 Å². The van der Waals surface area contributed by atoms with E-state index >= 15 is 0 Å². The van der Waals surface area contributed by atoms with Crippen LogP contribution in [0.3, 0.4) is 0 Å². The molecule has 0 aromatic carbocycles. The Kier molecular flexibility index (Phi) is 10.2. The SMILES string of the molecule is C#CCOC(=O)CNC(=O)C(CS)NC(=O)CCC(N)C(=O)O. The van der Waals surface area contributed by atoms with Crippen LogP contribution in [0.4, 0.5) is 0 Å². The van der Waals surface area contributed by atoms with Gasteiger partial charge in [0.05, 0.1) is 0 Å². The summed E-state index contributed by atoms with van der Waals surface area (Å²) in [5.41, 5.74) is 5.27. The number of thiol groups is 1. The average molecular weight is 345 g/mol. The van der Waals surface area contributed by atoms with Gasteiger partial charge in [0.25, 0.3) is 0 Å². The highest BCUT2D eigenvalue weighted by atomic mass is 32.1. The smallest absolute Gasteiger partial charge is 0.326 e. The first-order valence-electron chi connectivity index (χ1n) is 6.57. The molecule has 0 bridgehead atoms. The van der Waals surface area contributed by atoms with E-state index in [1.165, 1.54) is 0 Å². The fourth-order valence-electron chi connectivity index (χ4n) is 1.33. The quantitative estimate of drug-likeness (QED) is 0.173. The summed E-state index contributed by atoms with van der Waals surface area (Å²) >= 11 is 3.93. The number of carbonyl (C=O) groups excluding carboxylic acids is 3. The Balaban J connectivity index is 4.24. The molecule has 0 rings (SSSR count). The van der Waals surface area contributed by atoms with Gasteiger partial charge in [0.15, 0.2) is 6.61 Å². The van der Waals surface area contributed by atoms with E-state index in [4.69, 9.17) is 17.3 Å². The first kappa shape index (κ1) is 20.8. The molecule has 0 saturated heterocycles. The maximum atomic E-state index is 11.8. The molecule has 0 radical (unpaired) electrons. The molecule has 2 atom stereocenters. The van der Waals surface area contributed by atoms with E-state index in [9.17, 15) is 19.2 Å². The number of carboxylic acid groups (broad SMARTS) is 1. The summed E-state index contributed by atoms with van der Waals surface area (Å²) in [5.74, 6) is -1.02. The number of amides is 2. The molecule has 5 N–H and O–H groups in total. The number of carbonyl (C=O) groups is 4. The Morgan fingerprint density at radius 2 is 2.00 bits per heavy atom. The Bertz CT molecular complexity index is 491. The lowest BCUT2D eigenvalue weighted by atomic mass is 10.1. The minimum absolute atomic E-state index is 0.0119. The summed E-state index contributed by atoms with van der Waals surface area (Å²) in [6.45, 7) is -0.601. The number of hydrogen-bond acceptors (Lipinski definition) is 7. The van der Waals surface area contributed by atoms with Crippen LogP contribution < -0.4 is 16.4 Å². The molecule has 2 unspecified atom stereocenters. The molecule has 0 aromatic heterocycles. The second-order valence-corrected chi connectivity index (χ2v) is 4.73. The van der Waals surface area contributed by atoms with E-state index in [0.717, 1.165) is 0 Å². The molecule has 0 aliphatic carbocycles. The van der Waals surface area contributed by atoms with Crippen LogP contribution in [0.15, 0.2) is 0 Å². The molecule has 2 amide bonds. The number of terminal acetylenes is 1. The van der Waals surface area contributed by atoms with Crippen molar-refractivity contribution in [2.75, 3.05) is 18.9 Å². The third-order valence-electron chi connectivity index (χ3n) is 2.56. The van der Waals surface area contributed by atoms with E-state index in [2.05, 4.69) is 33.9 Å². The maximum absolute atomic E-state index is 11.8. The Morgan fingerprint density at radius 3 is 2.52 bits per heavy atom. The lowest BCUT2D eigenvalue weighted by Crippen LogP contribution is -2.49.